The van der Waals surface area contributed by atoms with Crippen LogP contribution in [0.3, 0.4) is 0 Å². The first-order chi connectivity index (χ1) is 12.6. The largest absolute Gasteiger partial charge is 0.484 e. The lowest BCUT2D eigenvalue weighted by molar-refractivity contribution is -0.384. The van der Waals surface area contributed by atoms with Gasteiger partial charge in [0.05, 0.1) is 20.7 Å². The van der Waals surface area contributed by atoms with Gasteiger partial charge >= 0.3 is 0 Å². The topological polar surface area (TPSA) is 119 Å². The molecule has 2 aromatic rings. The Balaban J connectivity index is 1.91. The van der Waals surface area contributed by atoms with Crippen LogP contribution < -0.4 is 10.1 Å². The zero-order valence-electron chi connectivity index (χ0n) is 14.9. The molecule has 2 heterocycles. The van der Waals surface area contributed by atoms with Crippen molar-refractivity contribution in [3.05, 3.63) is 55.8 Å². The molecule has 0 spiro atoms. The molecular formula is C18H18N2O6S. The van der Waals surface area contributed by atoms with E-state index in [0.717, 1.165) is 11.3 Å². The standard InChI is InChI=1S/C18H18N2O6S/c1-9(21)13-8-12-15(27-13)14(16(22)18(2,3)26-12)19-17(23)10-4-6-11(7-5-10)20(24)25/h4-8,14,16,22H,1-3H3,(H,19,23). The first-order valence-corrected chi connectivity index (χ1v) is 8.99. The van der Waals surface area contributed by atoms with E-state index in [-0.39, 0.29) is 17.0 Å². The number of hydrogen-bond donors (Lipinski definition) is 2. The molecule has 2 atom stereocenters. The lowest BCUT2D eigenvalue weighted by Crippen LogP contribution is -2.53. The van der Waals surface area contributed by atoms with Gasteiger partial charge in [0.15, 0.2) is 5.78 Å². The zero-order valence-corrected chi connectivity index (χ0v) is 15.7. The maximum atomic E-state index is 12.6. The molecule has 2 unspecified atom stereocenters. The van der Waals surface area contributed by atoms with Crippen molar-refractivity contribution in [2.75, 3.05) is 0 Å². The molecule has 2 N–H and O–H groups in total. The molecule has 1 amide bonds. The predicted octanol–water partition coefficient (Wildman–Crippen LogP) is 2.86. The summed E-state index contributed by atoms with van der Waals surface area (Å²) in [7, 11) is 0. The average Bonchev–Trinajstić information content (AvgIpc) is 3.02. The fourth-order valence-corrected chi connectivity index (χ4v) is 3.91. The van der Waals surface area contributed by atoms with E-state index < -0.39 is 28.6 Å². The van der Waals surface area contributed by atoms with E-state index in [9.17, 15) is 24.8 Å². The minimum Gasteiger partial charge on any atom is -0.484 e. The van der Waals surface area contributed by atoms with Crippen molar-refractivity contribution >= 4 is 28.7 Å². The predicted molar refractivity (Wildman–Crippen MR) is 98.3 cm³/mol. The van der Waals surface area contributed by atoms with E-state index in [4.69, 9.17) is 4.74 Å². The Bertz CT molecular complexity index is 918. The van der Waals surface area contributed by atoms with Crippen LogP contribution >= 0.6 is 11.3 Å². The molecule has 0 aliphatic carbocycles. The van der Waals surface area contributed by atoms with E-state index in [2.05, 4.69) is 5.32 Å². The van der Waals surface area contributed by atoms with Crippen LogP contribution in [0.4, 0.5) is 5.69 Å². The third-order valence-corrected chi connectivity index (χ3v) is 5.68. The summed E-state index contributed by atoms with van der Waals surface area (Å²) >= 11 is 1.16. The molecule has 8 nitrogen and oxygen atoms in total. The van der Waals surface area contributed by atoms with E-state index >= 15 is 0 Å². The molecule has 1 aliphatic heterocycles. The number of carbonyl (C=O) groups is 2. The van der Waals surface area contributed by atoms with Crippen molar-refractivity contribution in [1.29, 1.82) is 0 Å². The Morgan fingerprint density at radius 1 is 1.30 bits per heavy atom. The van der Waals surface area contributed by atoms with Gasteiger partial charge in [0.25, 0.3) is 11.6 Å². The number of aliphatic hydroxyl groups excluding tert-OH is 1. The molecular weight excluding hydrogens is 372 g/mol. The first-order valence-electron chi connectivity index (χ1n) is 8.17. The van der Waals surface area contributed by atoms with Crippen molar-refractivity contribution < 1.29 is 24.4 Å². The molecule has 3 rings (SSSR count). The smallest absolute Gasteiger partial charge is 0.269 e. The maximum absolute atomic E-state index is 12.6. The Morgan fingerprint density at radius 3 is 2.48 bits per heavy atom. The van der Waals surface area contributed by atoms with Gasteiger partial charge in [0.2, 0.25) is 0 Å². The van der Waals surface area contributed by atoms with Gasteiger partial charge in [0, 0.05) is 23.8 Å². The summed E-state index contributed by atoms with van der Waals surface area (Å²) in [6.45, 7) is 4.82. The normalized spacial score (nSPS) is 20.3. The quantitative estimate of drug-likeness (QED) is 0.471. The molecule has 0 fully saturated rings. The van der Waals surface area contributed by atoms with Crippen LogP contribution in [-0.2, 0) is 0 Å². The second-order valence-electron chi connectivity index (χ2n) is 6.80. The molecule has 27 heavy (non-hydrogen) atoms. The van der Waals surface area contributed by atoms with Gasteiger partial charge < -0.3 is 15.2 Å². The van der Waals surface area contributed by atoms with E-state index in [1.54, 1.807) is 19.9 Å². The summed E-state index contributed by atoms with van der Waals surface area (Å²) in [4.78, 5) is 35.5. The van der Waals surface area contributed by atoms with Crippen LogP contribution in [0, 0.1) is 10.1 Å². The number of non-ortho nitro benzene ring substituents is 1. The fraction of sp³-hybridized carbons (Fsp3) is 0.333. The average molecular weight is 390 g/mol. The zero-order chi connectivity index (χ0) is 19.9. The SMILES string of the molecule is CC(=O)c1cc2c(s1)C(NC(=O)c1ccc([N+](=O)[O-])cc1)C(O)C(C)(C)O2. The highest BCUT2D eigenvalue weighted by Crippen LogP contribution is 2.45. The number of nitro benzene ring substituents is 1. The lowest BCUT2D eigenvalue weighted by Gasteiger charge is -2.40. The number of nitro groups is 1. The van der Waals surface area contributed by atoms with Crippen LogP contribution in [0.15, 0.2) is 30.3 Å². The number of carbonyl (C=O) groups excluding carboxylic acids is 2. The highest BCUT2D eigenvalue weighted by molar-refractivity contribution is 7.14. The van der Waals surface area contributed by atoms with E-state index in [1.807, 2.05) is 0 Å². The van der Waals surface area contributed by atoms with Crippen molar-refractivity contribution in [3.8, 4) is 5.75 Å². The van der Waals surface area contributed by atoms with Crippen molar-refractivity contribution in [1.82, 2.24) is 5.32 Å². The minimum atomic E-state index is -1.05. The van der Waals surface area contributed by atoms with Crippen molar-refractivity contribution in [2.45, 2.75) is 38.5 Å². The van der Waals surface area contributed by atoms with Crippen LogP contribution in [0.5, 0.6) is 5.75 Å². The summed E-state index contributed by atoms with van der Waals surface area (Å²) in [5.74, 6) is -0.171. The summed E-state index contributed by atoms with van der Waals surface area (Å²) in [5.41, 5.74) is -0.873. The monoisotopic (exact) mass is 390 g/mol. The van der Waals surface area contributed by atoms with Gasteiger partial charge in [-0.1, -0.05) is 0 Å². The van der Waals surface area contributed by atoms with Gasteiger partial charge in [-0.2, -0.15) is 0 Å². The highest BCUT2D eigenvalue weighted by atomic mass is 32.1. The Kier molecular flexibility index (Phi) is 4.75. The number of ether oxygens (including phenoxy) is 1. The number of thiophene rings is 1. The second-order valence-corrected chi connectivity index (χ2v) is 7.88. The minimum absolute atomic E-state index is 0.120. The van der Waals surface area contributed by atoms with Crippen molar-refractivity contribution in [2.24, 2.45) is 0 Å². The third kappa shape index (κ3) is 3.56. The summed E-state index contributed by atoms with van der Waals surface area (Å²) in [6, 6.07) is 6.01. The van der Waals surface area contributed by atoms with Crippen LogP contribution in [0.1, 0.15) is 51.7 Å². The molecule has 0 saturated heterocycles. The number of rotatable bonds is 4. The van der Waals surface area contributed by atoms with Gasteiger partial charge in [-0.15, -0.1) is 11.3 Å². The Hall–Kier alpha value is -2.78. The van der Waals surface area contributed by atoms with Crippen LogP contribution in [0.2, 0.25) is 0 Å². The number of hydrogen-bond acceptors (Lipinski definition) is 7. The lowest BCUT2D eigenvalue weighted by atomic mass is 9.90. The summed E-state index contributed by atoms with van der Waals surface area (Å²) in [5, 5.41) is 24.2. The molecule has 142 valence electrons. The second kappa shape index (κ2) is 6.75. The summed E-state index contributed by atoms with van der Waals surface area (Å²) in [6.07, 6.45) is -1.05. The third-order valence-electron chi connectivity index (χ3n) is 4.38. The molecule has 1 aromatic heterocycles. The highest BCUT2D eigenvalue weighted by Gasteiger charge is 2.45. The number of nitrogens with one attached hydrogen (secondary N) is 1. The number of ketones is 1. The Labute approximate surface area is 158 Å². The molecule has 9 heteroatoms. The first kappa shape index (κ1) is 19.0. The van der Waals surface area contributed by atoms with Gasteiger partial charge in [-0.05, 0) is 32.9 Å². The molecule has 0 radical (unpaired) electrons. The fourth-order valence-electron chi connectivity index (χ4n) is 2.85. The number of nitrogens with zero attached hydrogens (tertiary/aromatic N) is 1. The van der Waals surface area contributed by atoms with Crippen LogP contribution in [-0.4, -0.2) is 33.4 Å². The molecule has 0 bridgehead atoms. The van der Waals surface area contributed by atoms with Gasteiger partial charge in [0.1, 0.15) is 17.5 Å². The number of fused-ring (bicyclic) bond motifs is 1. The number of aliphatic hydroxyl groups is 1. The number of Topliss-reactive ketones (excluding diaryl/α,β-unsaturated/α-hetero) is 1. The van der Waals surface area contributed by atoms with E-state index in [1.165, 1.54) is 31.2 Å². The van der Waals surface area contributed by atoms with Crippen LogP contribution in [0.25, 0.3) is 0 Å². The maximum Gasteiger partial charge on any atom is 0.269 e. The van der Waals surface area contributed by atoms with Gasteiger partial charge in [-0.3, -0.25) is 19.7 Å². The Morgan fingerprint density at radius 2 is 1.93 bits per heavy atom. The number of amides is 1. The van der Waals surface area contributed by atoms with E-state index in [0.29, 0.717) is 15.5 Å². The summed E-state index contributed by atoms with van der Waals surface area (Å²) < 4.78 is 5.80. The molecule has 1 aliphatic rings. The number of benzene rings is 1. The van der Waals surface area contributed by atoms with Gasteiger partial charge in [-0.25, -0.2) is 0 Å². The van der Waals surface area contributed by atoms with Crippen molar-refractivity contribution in [3.63, 3.8) is 0 Å². The molecule has 0 saturated carbocycles. The molecule has 1 aromatic carbocycles.